The molecule has 0 bridgehead atoms. The maximum atomic E-state index is 12.7. The zero-order valence-electron chi connectivity index (χ0n) is 26.6. The van der Waals surface area contributed by atoms with Crippen LogP contribution in [0.2, 0.25) is 0 Å². The van der Waals surface area contributed by atoms with Crippen LogP contribution in [0.3, 0.4) is 0 Å². The molecule has 1 fully saturated rings. The number of aryl methyl sites for hydroxylation is 1. The van der Waals surface area contributed by atoms with Crippen LogP contribution in [-0.2, 0) is 6.42 Å². The number of hydrogen-bond donors (Lipinski definition) is 0. The molecule has 3 rings (SSSR count). The van der Waals surface area contributed by atoms with E-state index in [0.29, 0.717) is 17.9 Å². The van der Waals surface area contributed by atoms with E-state index in [-0.39, 0.29) is 5.97 Å². The lowest BCUT2D eigenvalue weighted by atomic mass is 9.78. The highest BCUT2D eigenvalue weighted by atomic mass is 16.5. The Labute approximate surface area is 257 Å². The van der Waals surface area contributed by atoms with Crippen molar-refractivity contribution in [1.29, 1.82) is 0 Å². The number of rotatable bonds is 22. The first-order valence-corrected chi connectivity index (χ1v) is 17.3. The van der Waals surface area contributed by atoms with Crippen molar-refractivity contribution >= 4 is 5.97 Å². The molecule has 2 aromatic rings. The van der Waals surface area contributed by atoms with E-state index >= 15 is 0 Å². The molecule has 3 nitrogen and oxygen atoms in total. The van der Waals surface area contributed by atoms with Crippen LogP contribution >= 0.6 is 0 Å². The van der Waals surface area contributed by atoms with Crippen LogP contribution in [0, 0.1) is 11.8 Å². The normalized spacial score (nSPS) is 16.7. The van der Waals surface area contributed by atoms with Gasteiger partial charge in [-0.25, -0.2) is 4.79 Å². The van der Waals surface area contributed by atoms with E-state index in [0.717, 1.165) is 36.8 Å². The Kier molecular flexibility index (Phi) is 17.1. The van der Waals surface area contributed by atoms with Gasteiger partial charge in [0.05, 0.1) is 12.2 Å². The number of ether oxygens (including phenoxy) is 2. The Morgan fingerprint density at radius 1 is 0.714 bits per heavy atom. The van der Waals surface area contributed by atoms with Crippen LogP contribution in [0.25, 0.3) is 0 Å². The predicted octanol–water partition coefficient (Wildman–Crippen LogP) is 11.7. The van der Waals surface area contributed by atoms with E-state index in [4.69, 9.17) is 9.47 Å². The van der Waals surface area contributed by atoms with Gasteiger partial charge in [0, 0.05) is 0 Å². The van der Waals surface area contributed by atoms with E-state index in [1.165, 1.54) is 115 Å². The van der Waals surface area contributed by atoms with E-state index in [9.17, 15) is 4.79 Å². The second-order valence-corrected chi connectivity index (χ2v) is 12.6. The molecule has 42 heavy (non-hydrogen) atoms. The quantitative estimate of drug-likeness (QED) is 0.0607. The van der Waals surface area contributed by atoms with Gasteiger partial charge in [0.1, 0.15) is 11.5 Å². The van der Waals surface area contributed by atoms with E-state index in [1.54, 1.807) is 12.1 Å². The van der Waals surface area contributed by atoms with Gasteiger partial charge in [0.25, 0.3) is 0 Å². The van der Waals surface area contributed by atoms with Gasteiger partial charge in [0.2, 0.25) is 0 Å². The standard InChI is InChI=1S/C39H58O3/c1-3-5-7-9-10-11-12-14-16-32-41-37-30-26-36(27-31-37)39(40)42-38-28-24-35(25-29-38)23-22-34-20-18-33(19-21-34)17-15-13-8-6-4-2/h3,24-31,33-34H,1,4-23,32H2,2H3. The van der Waals surface area contributed by atoms with Gasteiger partial charge >= 0.3 is 5.97 Å². The van der Waals surface area contributed by atoms with Crippen molar-refractivity contribution < 1.29 is 14.3 Å². The van der Waals surface area contributed by atoms with Gasteiger partial charge in [-0.1, -0.05) is 121 Å². The lowest BCUT2D eigenvalue weighted by molar-refractivity contribution is 0.0734. The van der Waals surface area contributed by atoms with Crippen LogP contribution in [0.4, 0.5) is 0 Å². The van der Waals surface area contributed by atoms with Crippen molar-refractivity contribution in [3.05, 3.63) is 72.3 Å². The van der Waals surface area contributed by atoms with Crippen LogP contribution in [0.5, 0.6) is 11.5 Å². The molecule has 0 radical (unpaired) electrons. The number of hydrogen-bond acceptors (Lipinski definition) is 3. The number of esters is 1. The molecule has 1 saturated carbocycles. The van der Waals surface area contributed by atoms with Gasteiger partial charge in [-0.15, -0.1) is 6.58 Å². The van der Waals surface area contributed by atoms with Crippen molar-refractivity contribution in [2.45, 2.75) is 135 Å². The van der Waals surface area contributed by atoms with E-state index in [2.05, 4.69) is 25.6 Å². The summed E-state index contributed by atoms with van der Waals surface area (Å²) in [5, 5.41) is 0. The number of allylic oxidation sites excluding steroid dienone is 1. The molecule has 0 amide bonds. The fourth-order valence-electron chi connectivity index (χ4n) is 6.26. The minimum absolute atomic E-state index is 0.329. The third-order valence-corrected chi connectivity index (χ3v) is 9.07. The molecule has 0 atom stereocenters. The van der Waals surface area contributed by atoms with Crippen molar-refractivity contribution in [3.63, 3.8) is 0 Å². The van der Waals surface area contributed by atoms with Crippen molar-refractivity contribution in [2.75, 3.05) is 6.61 Å². The SMILES string of the molecule is C=CCCCCCCCCCOc1ccc(C(=O)Oc2ccc(CCC3CCC(CCCCCCC)CC3)cc2)cc1. The molecule has 2 aromatic carbocycles. The predicted molar refractivity (Wildman–Crippen MR) is 178 cm³/mol. The van der Waals surface area contributed by atoms with Gasteiger partial charge in [-0.2, -0.15) is 0 Å². The van der Waals surface area contributed by atoms with Gasteiger partial charge in [-0.3, -0.25) is 0 Å². The molecule has 3 heteroatoms. The molecule has 0 unspecified atom stereocenters. The lowest BCUT2D eigenvalue weighted by Crippen LogP contribution is -2.15. The molecule has 0 aliphatic heterocycles. The average Bonchev–Trinajstić information content (AvgIpc) is 3.02. The summed E-state index contributed by atoms with van der Waals surface area (Å²) >= 11 is 0. The summed E-state index contributed by atoms with van der Waals surface area (Å²) in [5.74, 6) is 2.92. The Morgan fingerprint density at radius 2 is 1.29 bits per heavy atom. The highest BCUT2D eigenvalue weighted by molar-refractivity contribution is 5.91. The van der Waals surface area contributed by atoms with Crippen LogP contribution < -0.4 is 9.47 Å². The minimum Gasteiger partial charge on any atom is -0.494 e. The largest absolute Gasteiger partial charge is 0.494 e. The Morgan fingerprint density at radius 3 is 1.95 bits per heavy atom. The molecule has 1 aliphatic rings. The maximum Gasteiger partial charge on any atom is 0.343 e. The molecular formula is C39H58O3. The Balaban J connectivity index is 1.26. The summed E-state index contributed by atoms with van der Waals surface area (Å²) < 4.78 is 11.5. The van der Waals surface area contributed by atoms with E-state index in [1.807, 2.05) is 30.3 Å². The first-order chi connectivity index (χ1) is 20.7. The monoisotopic (exact) mass is 574 g/mol. The summed E-state index contributed by atoms with van der Waals surface area (Å²) in [5.41, 5.74) is 1.87. The number of benzene rings is 2. The van der Waals surface area contributed by atoms with Gasteiger partial charge in [-0.05, 0) is 85.9 Å². The van der Waals surface area contributed by atoms with Crippen molar-refractivity contribution in [2.24, 2.45) is 11.8 Å². The van der Waals surface area contributed by atoms with Gasteiger partial charge in [0.15, 0.2) is 0 Å². The van der Waals surface area contributed by atoms with Crippen LogP contribution in [0.1, 0.15) is 145 Å². The van der Waals surface area contributed by atoms with E-state index < -0.39 is 0 Å². The second kappa shape index (κ2) is 21.2. The summed E-state index contributed by atoms with van der Waals surface area (Å²) in [6.07, 6.45) is 28.4. The molecule has 0 heterocycles. The summed E-state index contributed by atoms with van der Waals surface area (Å²) in [7, 11) is 0. The molecule has 232 valence electrons. The zero-order chi connectivity index (χ0) is 29.7. The fourth-order valence-corrected chi connectivity index (χ4v) is 6.26. The maximum absolute atomic E-state index is 12.7. The first kappa shape index (κ1) is 33.9. The average molecular weight is 575 g/mol. The van der Waals surface area contributed by atoms with Crippen molar-refractivity contribution in [3.8, 4) is 11.5 Å². The minimum atomic E-state index is -0.329. The summed E-state index contributed by atoms with van der Waals surface area (Å²) in [6.45, 7) is 6.78. The summed E-state index contributed by atoms with van der Waals surface area (Å²) in [6, 6.07) is 15.4. The summed E-state index contributed by atoms with van der Waals surface area (Å²) in [4.78, 5) is 12.7. The molecule has 0 saturated heterocycles. The highest BCUT2D eigenvalue weighted by Crippen LogP contribution is 2.34. The van der Waals surface area contributed by atoms with Crippen molar-refractivity contribution in [1.82, 2.24) is 0 Å². The molecule has 1 aliphatic carbocycles. The molecule has 0 aromatic heterocycles. The first-order valence-electron chi connectivity index (χ1n) is 17.3. The number of carbonyl (C=O) groups excluding carboxylic acids is 1. The Bertz CT molecular complexity index is 970. The second-order valence-electron chi connectivity index (χ2n) is 12.6. The molecular weight excluding hydrogens is 516 g/mol. The third kappa shape index (κ3) is 14.1. The van der Waals surface area contributed by atoms with Gasteiger partial charge < -0.3 is 9.47 Å². The third-order valence-electron chi connectivity index (χ3n) is 9.07. The smallest absolute Gasteiger partial charge is 0.343 e. The molecule has 0 spiro atoms. The van der Waals surface area contributed by atoms with Crippen LogP contribution in [0.15, 0.2) is 61.2 Å². The number of carbonyl (C=O) groups is 1. The molecule has 0 N–H and O–H groups in total. The topological polar surface area (TPSA) is 35.5 Å². The van der Waals surface area contributed by atoms with Crippen LogP contribution in [-0.4, -0.2) is 12.6 Å². The number of unbranched alkanes of at least 4 members (excludes halogenated alkanes) is 11. The fraction of sp³-hybridized carbons (Fsp3) is 0.615. The Hall–Kier alpha value is -2.55. The highest BCUT2D eigenvalue weighted by Gasteiger charge is 2.20. The zero-order valence-corrected chi connectivity index (χ0v) is 26.6. The lowest BCUT2D eigenvalue weighted by Gasteiger charge is -2.28.